The third kappa shape index (κ3) is 5.89. The summed E-state index contributed by atoms with van der Waals surface area (Å²) >= 11 is 0. The van der Waals surface area contributed by atoms with Crippen LogP contribution in [0.3, 0.4) is 0 Å². The molecule has 0 aliphatic heterocycles. The molecule has 0 aliphatic rings. The minimum atomic E-state index is -0.522. The number of halogens is 1. The predicted molar refractivity (Wildman–Crippen MR) is 83.6 cm³/mol. The molecule has 0 radical (unpaired) electrons. The molecule has 22 heavy (non-hydrogen) atoms. The minimum Gasteiger partial charge on any atom is -0.496 e. The summed E-state index contributed by atoms with van der Waals surface area (Å²) in [6.07, 6.45) is -0.467. The summed E-state index contributed by atoms with van der Waals surface area (Å²) in [6, 6.07) is 4.48. The quantitative estimate of drug-likeness (QED) is 0.793. The summed E-state index contributed by atoms with van der Waals surface area (Å²) in [5, 5.41) is 5.78. The van der Waals surface area contributed by atoms with Crippen LogP contribution >= 0.6 is 0 Å². The first-order valence-electron chi connectivity index (χ1n) is 7.27. The lowest BCUT2D eigenvalue weighted by atomic mass is 10.1. The van der Waals surface area contributed by atoms with Crippen molar-refractivity contribution >= 4 is 6.09 Å². The van der Waals surface area contributed by atoms with E-state index in [0.29, 0.717) is 24.4 Å². The van der Waals surface area contributed by atoms with Crippen molar-refractivity contribution in [3.63, 3.8) is 0 Å². The number of hydrogen-bond donors (Lipinski definition) is 2. The zero-order chi connectivity index (χ0) is 16.8. The number of methoxy groups -OCH3 is 1. The maximum absolute atomic E-state index is 13.9. The van der Waals surface area contributed by atoms with Gasteiger partial charge in [-0.1, -0.05) is 6.07 Å². The number of alkyl carbamates (subject to hydrolysis) is 1. The van der Waals surface area contributed by atoms with Crippen LogP contribution in [-0.4, -0.2) is 31.9 Å². The summed E-state index contributed by atoms with van der Waals surface area (Å²) in [5.41, 5.74) is -0.0482. The highest BCUT2D eigenvalue weighted by molar-refractivity contribution is 5.67. The highest BCUT2D eigenvalue weighted by Gasteiger charge is 2.17. The smallest absolute Gasteiger partial charge is 0.407 e. The Bertz CT molecular complexity index is 501. The molecular weight excluding hydrogens is 287 g/mol. The van der Waals surface area contributed by atoms with Crippen LogP contribution in [0, 0.1) is 5.82 Å². The van der Waals surface area contributed by atoms with E-state index in [1.807, 2.05) is 6.92 Å². The molecule has 0 saturated heterocycles. The molecule has 0 spiro atoms. The van der Waals surface area contributed by atoms with E-state index in [4.69, 9.17) is 9.47 Å². The largest absolute Gasteiger partial charge is 0.496 e. The van der Waals surface area contributed by atoms with E-state index in [0.717, 1.165) is 0 Å². The number of rotatable bonds is 6. The fourth-order valence-corrected chi connectivity index (χ4v) is 1.98. The molecule has 0 saturated carbocycles. The number of nitrogens with one attached hydrogen (secondary N) is 2. The normalized spacial score (nSPS) is 12.6. The summed E-state index contributed by atoms with van der Waals surface area (Å²) in [4.78, 5) is 11.5. The number of hydrogen-bond acceptors (Lipinski definition) is 4. The maximum atomic E-state index is 13.9. The second kappa shape index (κ2) is 7.98. The van der Waals surface area contributed by atoms with Gasteiger partial charge in [0.25, 0.3) is 0 Å². The van der Waals surface area contributed by atoms with E-state index < -0.39 is 11.7 Å². The maximum Gasteiger partial charge on any atom is 0.407 e. The van der Waals surface area contributed by atoms with Gasteiger partial charge in [0.1, 0.15) is 17.2 Å². The van der Waals surface area contributed by atoms with E-state index in [1.54, 1.807) is 32.9 Å². The van der Waals surface area contributed by atoms with Crippen molar-refractivity contribution in [3.8, 4) is 5.75 Å². The summed E-state index contributed by atoms with van der Waals surface area (Å²) in [5.74, 6) is 0.180. The van der Waals surface area contributed by atoms with Crippen molar-refractivity contribution in [2.75, 3.05) is 20.2 Å². The molecular formula is C16H25FN2O3. The Balaban J connectivity index is 2.44. The lowest BCUT2D eigenvalue weighted by Crippen LogP contribution is -2.37. The Morgan fingerprint density at radius 2 is 2.00 bits per heavy atom. The lowest BCUT2D eigenvalue weighted by Gasteiger charge is -2.20. The van der Waals surface area contributed by atoms with Crippen LogP contribution < -0.4 is 15.4 Å². The topological polar surface area (TPSA) is 59.6 Å². The predicted octanol–water partition coefficient (Wildman–Crippen LogP) is 3.01. The van der Waals surface area contributed by atoms with Crippen molar-refractivity contribution in [2.45, 2.75) is 39.3 Å². The second-order valence-corrected chi connectivity index (χ2v) is 5.96. The molecule has 6 heteroatoms. The van der Waals surface area contributed by atoms with Gasteiger partial charge in [-0.15, -0.1) is 0 Å². The van der Waals surface area contributed by atoms with Gasteiger partial charge in [-0.25, -0.2) is 9.18 Å². The average Bonchev–Trinajstić information content (AvgIpc) is 2.41. The minimum absolute atomic E-state index is 0.239. The van der Waals surface area contributed by atoms with E-state index in [-0.39, 0.29) is 11.9 Å². The van der Waals surface area contributed by atoms with Crippen LogP contribution in [0.4, 0.5) is 9.18 Å². The third-order valence-corrected chi connectivity index (χ3v) is 2.91. The molecule has 0 fully saturated rings. The molecule has 1 atom stereocenters. The number of carbonyl (C=O) groups excluding carboxylic acids is 1. The molecule has 1 aromatic carbocycles. The van der Waals surface area contributed by atoms with Crippen LogP contribution in [0.5, 0.6) is 5.75 Å². The molecule has 124 valence electrons. The van der Waals surface area contributed by atoms with Gasteiger partial charge in [0.2, 0.25) is 0 Å². The molecule has 1 aromatic rings. The standard InChI is InChI=1S/C16H25FN2O3/c1-11(14-12(17)7-6-8-13(14)21-5)18-9-10-19-15(20)22-16(2,3)4/h6-8,11,18H,9-10H2,1-5H3,(H,19,20). The zero-order valence-corrected chi connectivity index (χ0v) is 13.8. The molecule has 0 aliphatic carbocycles. The molecule has 0 aromatic heterocycles. The second-order valence-electron chi connectivity index (χ2n) is 5.96. The fraction of sp³-hybridized carbons (Fsp3) is 0.562. The van der Waals surface area contributed by atoms with Crippen LogP contribution in [0.1, 0.15) is 39.3 Å². The Morgan fingerprint density at radius 1 is 1.32 bits per heavy atom. The van der Waals surface area contributed by atoms with Gasteiger partial charge >= 0.3 is 6.09 Å². The van der Waals surface area contributed by atoms with E-state index in [1.165, 1.54) is 13.2 Å². The van der Waals surface area contributed by atoms with E-state index >= 15 is 0 Å². The van der Waals surface area contributed by atoms with Gasteiger partial charge in [0.15, 0.2) is 0 Å². The van der Waals surface area contributed by atoms with Crippen LogP contribution in [-0.2, 0) is 4.74 Å². The van der Waals surface area contributed by atoms with Gasteiger partial charge in [0, 0.05) is 24.7 Å². The van der Waals surface area contributed by atoms with E-state index in [2.05, 4.69) is 10.6 Å². The SMILES string of the molecule is COc1cccc(F)c1C(C)NCCNC(=O)OC(C)(C)C. The van der Waals surface area contributed by atoms with Gasteiger partial charge in [-0.3, -0.25) is 0 Å². The summed E-state index contributed by atoms with van der Waals surface area (Å²) < 4.78 is 24.2. The zero-order valence-electron chi connectivity index (χ0n) is 13.8. The monoisotopic (exact) mass is 312 g/mol. The molecule has 2 N–H and O–H groups in total. The third-order valence-electron chi connectivity index (χ3n) is 2.91. The first-order chi connectivity index (χ1) is 10.2. The fourth-order valence-electron chi connectivity index (χ4n) is 1.98. The van der Waals surface area contributed by atoms with Crippen LogP contribution in [0.25, 0.3) is 0 Å². The first kappa shape index (κ1) is 18.2. The van der Waals surface area contributed by atoms with Crippen molar-refractivity contribution < 1.29 is 18.7 Å². The van der Waals surface area contributed by atoms with Crippen molar-refractivity contribution in [3.05, 3.63) is 29.6 Å². The van der Waals surface area contributed by atoms with Crippen molar-refractivity contribution in [1.29, 1.82) is 0 Å². The molecule has 1 rings (SSSR count). The molecule has 1 unspecified atom stereocenters. The van der Waals surface area contributed by atoms with Gasteiger partial charge in [-0.05, 0) is 39.8 Å². The van der Waals surface area contributed by atoms with Gasteiger partial charge in [-0.2, -0.15) is 0 Å². The summed E-state index contributed by atoms with van der Waals surface area (Å²) in [7, 11) is 1.51. The van der Waals surface area contributed by atoms with Crippen LogP contribution in [0.2, 0.25) is 0 Å². The average molecular weight is 312 g/mol. The van der Waals surface area contributed by atoms with Crippen molar-refractivity contribution in [1.82, 2.24) is 10.6 Å². The van der Waals surface area contributed by atoms with E-state index in [9.17, 15) is 9.18 Å². The highest BCUT2D eigenvalue weighted by Crippen LogP contribution is 2.27. The molecule has 5 nitrogen and oxygen atoms in total. The number of carbonyl (C=O) groups is 1. The molecule has 0 bridgehead atoms. The lowest BCUT2D eigenvalue weighted by molar-refractivity contribution is 0.0528. The Morgan fingerprint density at radius 3 is 2.59 bits per heavy atom. The number of ether oxygens (including phenoxy) is 2. The number of amides is 1. The summed E-state index contributed by atoms with van der Waals surface area (Å²) in [6.45, 7) is 8.12. The Labute approximate surface area is 131 Å². The Kier molecular flexibility index (Phi) is 6.61. The molecule has 0 heterocycles. The highest BCUT2D eigenvalue weighted by atomic mass is 19.1. The molecule has 1 amide bonds. The number of benzene rings is 1. The Hall–Kier alpha value is -1.82. The van der Waals surface area contributed by atoms with Crippen molar-refractivity contribution in [2.24, 2.45) is 0 Å². The van der Waals surface area contributed by atoms with Gasteiger partial charge in [0.05, 0.1) is 7.11 Å². The van der Waals surface area contributed by atoms with Crippen LogP contribution in [0.15, 0.2) is 18.2 Å². The first-order valence-corrected chi connectivity index (χ1v) is 7.27. The van der Waals surface area contributed by atoms with Gasteiger partial charge < -0.3 is 20.1 Å².